The standard InChI is InChI=1S/C11H25NO5S2/c1-9(2)10(3)17-11(6-7-18(4,13)14)8-12-19(5,15)16/h9-12H,6-8H2,1-5H3/t10-,11+/m0/s1. The van der Waals surface area contributed by atoms with Crippen LogP contribution in [0.25, 0.3) is 0 Å². The quantitative estimate of drug-likeness (QED) is 0.665. The van der Waals surface area contributed by atoms with Crippen molar-refractivity contribution in [2.24, 2.45) is 5.92 Å². The van der Waals surface area contributed by atoms with Gasteiger partial charge in [-0.3, -0.25) is 0 Å². The van der Waals surface area contributed by atoms with Crippen LogP contribution in [0, 0.1) is 5.92 Å². The van der Waals surface area contributed by atoms with Crippen LogP contribution >= 0.6 is 0 Å². The lowest BCUT2D eigenvalue weighted by atomic mass is 10.1. The Morgan fingerprint density at radius 1 is 1.05 bits per heavy atom. The molecule has 1 N–H and O–H groups in total. The van der Waals surface area contributed by atoms with Gasteiger partial charge in [-0.25, -0.2) is 21.6 Å². The third-order valence-corrected chi connectivity index (χ3v) is 4.40. The van der Waals surface area contributed by atoms with Crippen LogP contribution in [0.2, 0.25) is 0 Å². The molecular formula is C11H25NO5S2. The number of nitrogens with one attached hydrogen (secondary N) is 1. The molecule has 0 aromatic carbocycles. The Morgan fingerprint density at radius 2 is 1.58 bits per heavy atom. The Hall–Kier alpha value is -0.180. The molecule has 19 heavy (non-hydrogen) atoms. The average Bonchev–Trinajstić information content (AvgIpc) is 2.19. The Morgan fingerprint density at radius 3 is 1.95 bits per heavy atom. The predicted molar refractivity (Wildman–Crippen MR) is 76.3 cm³/mol. The molecule has 0 amide bonds. The van der Waals surface area contributed by atoms with Gasteiger partial charge < -0.3 is 4.74 Å². The fraction of sp³-hybridized carbons (Fsp3) is 1.00. The highest BCUT2D eigenvalue weighted by Gasteiger charge is 2.19. The number of hydrogen-bond donors (Lipinski definition) is 1. The molecule has 2 atom stereocenters. The minimum absolute atomic E-state index is 0.0199. The lowest BCUT2D eigenvalue weighted by Gasteiger charge is -2.24. The molecule has 0 aromatic rings. The van der Waals surface area contributed by atoms with Crippen LogP contribution in [0.4, 0.5) is 0 Å². The Labute approximate surface area is 116 Å². The molecule has 0 spiro atoms. The van der Waals surface area contributed by atoms with E-state index in [1.54, 1.807) is 0 Å². The fourth-order valence-corrected chi connectivity index (χ4v) is 2.45. The Bertz CT molecular complexity index is 419. The summed E-state index contributed by atoms with van der Waals surface area (Å²) in [6, 6.07) is 0. The molecule has 8 heteroatoms. The summed E-state index contributed by atoms with van der Waals surface area (Å²) >= 11 is 0. The molecule has 0 aliphatic heterocycles. The molecule has 0 radical (unpaired) electrons. The van der Waals surface area contributed by atoms with Gasteiger partial charge in [-0.15, -0.1) is 0 Å². The van der Waals surface area contributed by atoms with Crippen molar-refractivity contribution in [1.29, 1.82) is 0 Å². The smallest absolute Gasteiger partial charge is 0.208 e. The summed E-state index contributed by atoms with van der Waals surface area (Å²) in [5.41, 5.74) is 0. The van der Waals surface area contributed by atoms with E-state index in [-0.39, 0.29) is 30.7 Å². The topological polar surface area (TPSA) is 89.5 Å². The minimum Gasteiger partial charge on any atom is -0.374 e. The van der Waals surface area contributed by atoms with Crippen LogP contribution in [0.1, 0.15) is 27.2 Å². The van der Waals surface area contributed by atoms with Gasteiger partial charge in [0.25, 0.3) is 0 Å². The molecule has 0 unspecified atom stereocenters. The summed E-state index contributed by atoms with van der Waals surface area (Å²) in [4.78, 5) is 0. The first-order valence-corrected chi connectivity index (χ1v) is 10.1. The first kappa shape index (κ1) is 18.8. The lowest BCUT2D eigenvalue weighted by Crippen LogP contribution is -2.37. The second-order valence-electron chi connectivity index (χ2n) is 5.25. The monoisotopic (exact) mass is 315 g/mol. The van der Waals surface area contributed by atoms with Crippen molar-refractivity contribution in [2.75, 3.05) is 24.8 Å². The minimum atomic E-state index is -3.31. The van der Waals surface area contributed by atoms with Gasteiger partial charge in [-0.2, -0.15) is 0 Å². The number of ether oxygens (including phenoxy) is 1. The van der Waals surface area contributed by atoms with E-state index in [2.05, 4.69) is 4.72 Å². The summed E-state index contributed by atoms with van der Waals surface area (Å²) in [5.74, 6) is 0.257. The van der Waals surface area contributed by atoms with Crippen LogP contribution < -0.4 is 4.72 Å². The molecule has 0 rings (SSSR count). The lowest BCUT2D eigenvalue weighted by molar-refractivity contribution is -0.0230. The summed E-state index contributed by atoms with van der Waals surface area (Å²) in [6.07, 6.45) is 1.98. The first-order valence-electron chi connectivity index (χ1n) is 6.18. The van der Waals surface area contributed by atoms with Crippen molar-refractivity contribution in [2.45, 2.75) is 39.4 Å². The van der Waals surface area contributed by atoms with E-state index in [1.807, 2.05) is 20.8 Å². The zero-order valence-electron chi connectivity index (χ0n) is 12.2. The average molecular weight is 315 g/mol. The largest absolute Gasteiger partial charge is 0.374 e. The number of rotatable bonds is 9. The highest BCUT2D eigenvalue weighted by molar-refractivity contribution is 7.90. The van der Waals surface area contributed by atoms with Gasteiger partial charge in [0.15, 0.2) is 0 Å². The maximum atomic E-state index is 11.2. The second kappa shape index (κ2) is 7.56. The zero-order valence-corrected chi connectivity index (χ0v) is 13.8. The molecule has 0 bridgehead atoms. The molecule has 0 fully saturated rings. The van der Waals surface area contributed by atoms with E-state index in [4.69, 9.17) is 4.74 Å². The summed E-state index contributed by atoms with van der Waals surface area (Å²) in [7, 11) is -6.39. The van der Waals surface area contributed by atoms with Gasteiger partial charge in [0.05, 0.1) is 24.2 Å². The highest BCUT2D eigenvalue weighted by atomic mass is 32.2. The van der Waals surface area contributed by atoms with E-state index in [9.17, 15) is 16.8 Å². The third-order valence-electron chi connectivity index (χ3n) is 2.73. The summed E-state index contributed by atoms with van der Waals surface area (Å²) < 4.78 is 52.5. The van der Waals surface area contributed by atoms with E-state index in [0.717, 1.165) is 12.5 Å². The van der Waals surface area contributed by atoms with Crippen LogP contribution in [0.15, 0.2) is 0 Å². The fourth-order valence-electron chi connectivity index (χ4n) is 1.27. The molecule has 0 aliphatic carbocycles. The Kier molecular flexibility index (Phi) is 7.49. The molecule has 0 aromatic heterocycles. The zero-order chi connectivity index (χ0) is 15.3. The predicted octanol–water partition coefficient (Wildman–Crippen LogP) is 0.400. The molecule has 0 saturated carbocycles. The van der Waals surface area contributed by atoms with E-state index < -0.39 is 26.0 Å². The normalized spacial score (nSPS) is 16.5. The van der Waals surface area contributed by atoms with Gasteiger partial charge in [0.2, 0.25) is 10.0 Å². The maximum Gasteiger partial charge on any atom is 0.208 e. The van der Waals surface area contributed by atoms with E-state index in [0.29, 0.717) is 0 Å². The van der Waals surface area contributed by atoms with Gasteiger partial charge in [-0.05, 0) is 19.3 Å². The molecule has 0 saturated heterocycles. The van der Waals surface area contributed by atoms with Gasteiger partial charge in [0, 0.05) is 12.8 Å². The number of hydrogen-bond acceptors (Lipinski definition) is 5. The molecule has 6 nitrogen and oxygen atoms in total. The van der Waals surface area contributed by atoms with Crippen molar-refractivity contribution in [3.63, 3.8) is 0 Å². The van der Waals surface area contributed by atoms with Crippen LogP contribution in [0.3, 0.4) is 0 Å². The summed E-state index contributed by atoms with van der Waals surface area (Å²) in [5, 5.41) is 0. The first-order chi connectivity index (χ1) is 8.41. The maximum absolute atomic E-state index is 11.2. The van der Waals surface area contributed by atoms with Crippen molar-refractivity contribution in [1.82, 2.24) is 4.72 Å². The van der Waals surface area contributed by atoms with Crippen molar-refractivity contribution in [3.05, 3.63) is 0 Å². The van der Waals surface area contributed by atoms with Gasteiger partial charge in [0.1, 0.15) is 9.84 Å². The molecular weight excluding hydrogens is 290 g/mol. The van der Waals surface area contributed by atoms with Crippen LogP contribution in [-0.2, 0) is 24.6 Å². The second-order valence-corrected chi connectivity index (χ2v) is 9.34. The van der Waals surface area contributed by atoms with Gasteiger partial charge >= 0.3 is 0 Å². The van der Waals surface area contributed by atoms with Gasteiger partial charge in [-0.1, -0.05) is 13.8 Å². The van der Waals surface area contributed by atoms with Crippen LogP contribution in [-0.4, -0.2) is 53.9 Å². The summed E-state index contributed by atoms with van der Waals surface area (Å²) in [6.45, 7) is 5.95. The molecule has 116 valence electrons. The third kappa shape index (κ3) is 11.4. The van der Waals surface area contributed by atoms with Crippen molar-refractivity contribution in [3.8, 4) is 0 Å². The highest BCUT2D eigenvalue weighted by Crippen LogP contribution is 2.11. The van der Waals surface area contributed by atoms with Crippen molar-refractivity contribution >= 4 is 19.9 Å². The Balaban J connectivity index is 4.55. The molecule has 0 aliphatic rings. The van der Waals surface area contributed by atoms with Crippen LogP contribution in [0.5, 0.6) is 0 Å². The number of sulfone groups is 1. The number of sulfonamides is 1. The molecule has 0 heterocycles. The van der Waals surface area contributed by atoms with Crippen molar-refractivity contribution < 1.29 is 21.6 Å². The van der Waals surface area contributed by atoms with E-state index >= 15 is 0 Å². The SMILES string of the molecule is CC(C)[C@H](C)O[C@H](CCS(C)(=O)=O)CNS(C)(=O)=O. The van der Waals surface area contributed by atoms with E-state index in [1.165, 1.54) is 0 Å².